The molecule has 102 valence electrons. The number of piperidine rings is 1. The lowest BCUT2D eigenvalue weighted by Crippen LogP contribution is -2.44. The largest absolute Gasteiger partial charge is 0.367 e. The van der Waals surface area contributed by atoms with Crippen molar-refractivity contribution in [2.45, 2.75) is 51.2 Å². The van der Waals surface area contributed by atoms with E-state index in [0.717, 1.165) is 18.0 Å². The summed E-state index contributed by atoms with van der Waals surface area (Å²) in [7, 11) is 0. The van der Waals surface area contributed by atoms with Gasteiger partial charge in [0.1, 0.15) is 0 Å². The third-order valence-corrected chi connectivity index (χ3v) is 3.82. The van der Waals surface area contributed by atoms with Crippen molar-refractivity contribution in [1.82, 2.24) is 4.90 Å². The molecular weight excluding hydrogens is 246 g/mol. The molecule has 1 atom stereocenters. The summed E-state index contributed by atoms with van der Waals surface area (Å²) in [6.07, 6.45) is 11.1. The van der Waals surface area contributed by atoms with Crippen LogP contribution >= 0.6 is 11.6 Å². The minimum atomic E-state index is -0.0933. The quantitative estimate of drug-likeness (QED) is 0.771. The van der Waals surface area contributed by atoms with Crippen molar-refractivity contribution < 1.29 is 4.74 Å². The van der Waals surface area contributed by atoms with Gasteiger partial charge < -0.3 is 9.64 Å². The standard InChI is InChI=1S/C15H24ClNO/c1-15(2,12-17-10-4-3-5-11-17)18-14-8-6-13(16)7-9-14/h6-8,14H,3-5,9-12H2,1-2H3. The van der Waals surface area contributed by atoms with Crippen molar-refractivity contribution in [3.63, 3.8) is 0 Å². The summed E-state index contributed by atoms with van der Waals surface area (Å²) >= 11 is 5.92. The van der Waals surface area contributed by atoms with Gasteiger partial charge in [-0.3, -0.25) is 0 Å². The van der Waals surface area contributed by atoms with E-state index < -0.39 is 0 Å². The molecule has 0 amide bonds. The van der Waals surface area contributed by atoms with Gasteiger partial charge in [-0.15, -0.1) is 0 Å². The number of allylic oxidation sites excluding steroid dienone is 2. The molecule has 3 heteroatoms. The van der Waals surface area contributed by atoms with E-state index in [0.29, 0.717) is 0 Å². The van der Waals surface area contributed by atoms with E-state index in [1.54, 1.807) is 0 Å². The van der Waals surface area contributed by atoms with Gasteiger partial charge in [-0.1, -0.05) is 30.2 Å². The highest BCUT2D eigenvalue weighted by Gasteiger charge is 2.26. The second-order valence-corrected chi connectivity index (χ2v) is 6.37. The molecule has 2 rings (SSSR count). The molecule has 1 unspecified atom stereocenters. The van der Waals surface area contributed by atoms with Crippen LogP contribution in [0, 0.1) is 0 Å². The zero-order chi connectivity index (χ0) is 13.0. The highest BCUT2D eigenvalue weighted by Crippen LogP contribution is 2.23. The van der Waals surface area contributed by atoms with Gasteiger partial charge >= 0.3 is 0 Å². The molecule has 18 heavy (non-hydrogen) atoms. The molecule has 0 saturated carbocycles. The Balaban J connectivity index is 1.81. The first-order chi connectivity index (χ1) is 8.55. The molecule has 0 aromatic heterocycles. The van der Waals surface area contributed by atoms with E-state index in [2.05, 4.69) is 24.8 Å². The zero-order valence-electron chi connectivity index (χ0n) is 11.5. The molecule has 1 aliphatic carbocycles. The van der Waals surface area contributed by atoms with Gasteiger partial charge in [-0.05, 0) is 52.3 Å². The minimum absolute atomic E-state index is 0.0933. The van der Waals surface area contributed by atoms with Crippen LogP contribution < -0.4 is 0 Å². The summed E-state index contributed by atoms with van der Waals surface area (Å²) in [6, 6.07) is 0. The molecule has 2 aliphatic rings. The Morgan fingerprint density at radius 2 is 2.06 bits per heavy atom. The molecule has 1 saturated heterocycles. The molecule has 0 aromatic rings. The van der Waals surface area contributed by atoms with Gasteiger partial charge in [0.15, 0.2) is 0 Å². The van der Waals surface area contributed by atoms with Crippen LogP contribution in [-0.2, 0) is 4.74 Å². The van der Waals surface area contributed by atoms with Crippen LogP contribution in [0.3, 0.4) is 0 Å². The molecule has 1 fully saturated rings. The molecule has 1 aliphatic heterocycles. The second kappa shape index (κ2) is 6.23. The Morgan fingerprint density at radius 3 is 2.67 bits per heavy atom. The molecular formula is C15H24ClNO. The Bertz CT molecular complexity index is 329. The van der Waals surface area contributed by atoms with Gasteiger partial charge in [0, 0.05) is 11.6 Å². The summed E-state index contributed by atoms with van der Waals surface area (Å²) in [5, 5.41) is 0.823. The Hall–Kier alpha value is -0.310. The third-order valence-electron chi connectivity index (χ3n) is 3.54. The molecule has 0 aromatic carbocycles. The normalized spacial score (nSPS) is 26.2. The fourth-order valence-electron chi connectivity index (χ4n) is 2.77. The monoisotopic (exact) mass is 269 g/mol. The summed E-state index contributed by atoms with van der Waals surface area (Å²) in [4.78, 5) is 2.53. The van der Waals surface area contributed by atoms with Gasteiger partial charge in [0.2, 0.25) is 0 Å². The Morgan fingerprint density at radius 1 is 1.33 bits per heavy atom. The second-order valence-electron chi connectivity index (χ2n) is 5.94. The average molecular weight is 270 g/mol. The average Bonchev–Trinajstić information content (AvgIpc) is 2.32. The predicted octanol–water partition coefficient (Wildman–Crippen LogP) is 3.72. The van der Waals surface area contributed by atoms with E-state index in [-0.39, 0.29) is 11.7 Å². The number of halogens is 1. The number of rotatable bonds is 4. The first-order valence-corrected chi connectivity index (χ1v) is 7.37. The van der Waals surface area contributed by atoms with Crippen LogP contribution in [0.5, 0.6) is 0 Å². The van der Waals surface area contributed by atoms with Gasteiger partial charge in [0.25, 0.3) is 0 Å². The first-order valence-electron chi connectivity index (χ1n) is 6.99. The van der Waals surface area contributed by atoms with Gasteiger partial charge in [0.05, 0.1) is 11.7 Å². The van der Waals surface area contributed by atoms with Gasteiger partial charge in [-0.25, -0.2) is 0 Å². The third kappa shape index (κ3) is 4.42. The number of ether oxygens (including phenoxy) is 1. The fraction of sp³-hybridized carbons (Fsp3) is 0.733. The van der Waals surface area contributed by atoms with E-state index in [4.69, 9.17) is 16.3 Å². The van der Waals surface area contributed by atoms with Crippen LogP contribution in [0.25, 0.3) is 0 Å². The lowest BCUT2D eigenvalue weighted by molar-refractivity contribution is -0.0700. The smallest absolute Gasteiger partial charge is 0.0802 e. The highest BCUT2D eigenvalue weighted by atomic mass is 35.5. The van der Waals surface area contributed by atoms with Crippen molar-refractivity contribution in [3.8, 4) is 0 Å². The van der Waals surface area contributed by atoms with E-state index >= 15 is 0 Å². The maximum atomic E-state index is 6.20. The van der Waals surface area contributed by atoms with Crippen molar-refractivity contribution in [1.29, 1.82) is 0 Å². The summed E-state index contributed by atoms with van der Waals surface area (Å²) in [6.45, 7) is 7.84. The van der Waals surface area contributed by atoms with Crippen molar-refractivity contribution in [2.24, 2.45) is 0 Å². The lowest BCUT2D eigenvalue weighted by atomic mass is 10.0. The van der Waals surface area contributed by atoms with Crippen LogP contribution in [0.4, 0.5) is 0 Å². The molecule has 0 N–H and O–H groups in total. The van der Waals surface area contributed by atoms with Crippen molar-refractivity contribution in [2.75, 3.05) is 19.6 Å². The molecule has 1 heterocycles. The first kappa shape index (κ1) is 14.1. The maximum absolute atomic E-state index is 6.20. The summed E-state index contributed by atoms with van der Waals surface area (Å²) in [5.74, 6) is 0. The molecule has 0 bridgehead atoms. The fourth-order valence-corrected chi connectivity index (χ4v) is 2.93. The van der Waals surface area contributed by atoms with Crippen molar-refractivity contribution in [3.05, 3.63) is 23.3 Å². The lowest BCUT2D eigenvalue weighted by Gasteiger charge is -2.36. The highest BCUT2D eigenvalue weighted by molar-refractivity contribution is 6.31. The van der Waals surface area contributed by atoms with Crippen LogP contribution in [0.15, 0.2) is 23.3 Å². The molecule has 0 spiro atoms. The van der Waals surface area contributed by atoms with E-state index in [9.17, 15) is 0 Å². The summed E-state index contributed by atoms with van der Waals surface area (Å²) in [5.41, 5.74) is -0.0933. The SMILES string of the molecule is CC(C)(CN1CCCCC1)OC1C=CC(Cl)=CC1. The van der Waals surface area contributed by atoms with E-state index in [1.807, 2.05) is 12.2 Å². The number of nitrogens with zero attached hydrogens (tertiary/aromatic N) is 1. The molecule has 0 radical (unpaired) electrons. The minimum Gasteiger partial charge on any atom is -0.367 e. The van der Waals surface area contributed by atoms with Gasteiger partial charge in [-0.2, -0.15) is 0 Å². The topological polar surface area (TPSA) is 12.5 Å². The van der Waals surface area contributed by atoms with Crippen LogP contribution in [0.1, 0.15) is 39.5 Å². The van der Waals surface area contributed by atoms with Crippen LogP contribution in [0.2, 0.25) is 0 Å². The Labute approximate surface area is 116 Å². The predicted molar refractivity (Wildman–Crippen MR) is 76.9 cm³/mol. The summed E-state index contributed by atoms with van der Waals surface area (Å²) < 4.78 is 6.20. The number of hydrogen-bond donors (Lipinski definition) is 0. The molecule has 2 nitrogen and oxygen atoms in total. The zero-order valence-corrected chi connectivity index (χ0v) is 12.2. The van der Waals surface area contributed by atoms with E-state index in [1.165, 1.54) is 32.4 Å². The van der Waals surface area contributed by atoms with Crippen molar-refractivity contribution >= 4 is 11.6 Å². The van der Waals surface area contributed by atoms with Crippen LogP contribution in [-0.4, -0.2) is 36.2 Å². The number of hydrogen-bond acceptors (Lipinski definition) is 2. The Kier molecular flexibility index (Phi) is 4.88. The maximum Gasteiger partial charge on any atom is 0.0802 e. The number of likely N-dealkylation sites (tertiary alicyclic amines) is 1.